The molecule has 1 amide bonds. The largest absolute Gasteiger partial charge is 0.445 e. The van der Waals surface area contributed by atoms with E-state index in [1.165, 1.54) is 6.92 Å². The summed E-state index contributed by atoms with van der Waals surface area (Å²) in [4.78, 5) is 22.2. The molecule has 0 spiro atoms. The average Bonchev–Trinajstić information content (AvgIpc) is 2.34. The first-order chi connectivity index (χ1) is 8.13. The van der Waals surface area contributed by atoms with Gasteiger partial charge in [0.15, 0.2) is 5.78 Å². The second-order valence-electron chi connectivity index (χ2n) is 3.55. The molecule has 0 radical (unpaired) electrons. The number of alkyl carbamates (subject to hydrolysis) is 1. The van der Waals surface area contributed by atoms with Crippen LogP contribution in [0.4, 0.5) is 4.79 Å². The second kappa shape index (κ2) is 6.65. The Hall–Kier alpha value is -1.88. The van der Waals surface area contributed by atoms with E-state index in [2.05, 4.69) is 5.32 Å². The summed E-state index contributed by atoms with van der Waals surface area (Å²) in [6, 6.07) is 8.27. The summed E-state index contributed by atoms with van der Waals surface area (Å²) in [6.07, 6.45) is -0.719. The van der Waals surface area contributed by atoms with E-state index in [-0.39, 0.29) is 12.4 Å². The van der Waals surface area contributed by atoms with E-state index in [0.29, 0.717) is 0 Å². The molecule has 0 fully saturated rings. The van der Waals surface area contributed by atoms with Crippen molar-refractivity contribution in [3.63, 3.8) is 0 Å². The highest BCUT2D eigenvalue weighted by Gasteiger charge is 2.16. The number of benzene rings is 1. The van der Waals surface area contributed by atoms with Crippen molar-refractivity contribution < 1.29 is 19.4 Å². The Bertz CT molecular complexity index is 377. The van der Waals surface area contributed by atoms with Gasteiger partial charge in [0.1, 0.15) is 12.6 Å². The molecule has 0 aromatic heterocycles. The minimum absolute atomic E-state index is 0.128. The highest BCUT2D eigenvalue weighted by molar-refractivity contribution is 5.85. The molecule has 5 heteroatoms. The van der Waals surface area contributed by atoms with Crippen LogP contribution in [0.2, 0.25) is 0 Å². The summed E-state index contributed by atoms with van der Waals surface area (Å²) in [6.45, 7) is 0.983. The first kappa shape index (κ1) is 13.2. The first-order valence-electron chi connectivity index (χ1n) is 5.22. The number of carbonyl (C=O) groups is 2. The highest BCUT2D eigenvalue weighted by Crippen LogP contribution is 2.00. The summed E-state index contributed by atoms with van der Waals surface area (Å²) < 4.78 is 4.90. The molecule has 0 saturated heterocycles. The number of aliphatic hydroxyl groups is 1. The lowest BCUT2D eigenvalue weighted by Crippen LogP contribution is -2.42. The third-order valence-electron chi connectivity index (χ3n) is 2.18. The number of amides is 1. The summed E-state index contributed by atoms with van der Waals surface area (Å²) in [5, 5.41) is 11.1. The minimum atomic E-state index is -0.904. The second-order valence-corrected chi connectivity index (χ2v) is 3.55. The monoisotopic (exact) mass is 237 g/mol. The maximum absolute atomic E-state index is 11.3. The van der Waals surface area contributed by atoms with Crippen LogP contribution in [0.1, 0.15) is 12.5 Å². The number of hydrogen-bond acceptors (Lipinski definition) is 4. The number of rotatable bonds is 5. The Balaban J connectivity index is 2.37. The molecule has 17 heavy (non-hydrogen) atoms. The maximum atomic E-state index is 11.3. The molecule has 2 N–H and O–H groups in total. The number of nitrogens with one attached hydrogen (secondary N) is 1. The average molecular weight is 237 g/mol. The number of ether oxygens (including phenoxy) is 1. The van der Waals surface area contributed by atoms with Gasteiger partial charge in [0.05, 0.1) is 6.61 Å². The Kier molecular flexibility index (Phi) is 5.16. The minimum Gasteiger partial charge on any atom is -0.445 e. The van der Waals surface area contributed by atoms with Crippen LogP contribution in [0, 0.1) is 0 Å². The van der Waals surface area contributed by atoms with Gasteiger partial charge in [-0.25, -0.2) is 4.79 Å². The van der Waals surface area contributed by atoms with E-state index < -0.39 is 18.7 Å². The van der Waals surface area contributed by atoms with Crippen LogP contribution in [0.3, 0.4) is 0 Å². The van der Waals surface area contributed by atoms with Gasteiger partial charge in [-0.2, -0.15) is 0 Å². The topological polar surface area (TPSA) is 75.6 Å². The Labute approximate surface area is 99.4 Å². The molecule has 1 rings (SSSR count). The van der Waals surface area contributed by atoms with Gasteiger partial charge in [-0.15, -0.1) is 0 Å². The zero-order valence-corrected chi connectivity index (χ0v) is 9.55. The van der Waals surface area contributed by atoms with E-state index in [0.717, 1.165) is 5.56 Å². The molecular weight excluding hydrogens is 222 g/mol. The molecule has 0 unspecified atom stereocenters. The Morgan fingerprint density at radius 3 is 2.53 bits per heavy atom. The van der Waals surface area contributed by atoms with Crippen molar-refractivity contribution in [3.05, 3.63) is 35.9 Å². The zero-order valence-electron chi connectivity index (χ0n) is 9.55. The predicted octanol–water partition coefficient (Wildman–Crippen LogP) is 0.863. The molecule has 0 bridgehead atoms. The fourth-order valence-corrected chi connectivity index (χ4v) is 1.18. The third-order valence-corrected chi connectivity index (χ3v) is 2.18. The van der Waals surface area contributed by atoms with E-state index in [4.69, 9.17) is 9.84 Å². The van der Waals surface area contributed by atoms with Crippen LogP contribution >= 0.6 is 0 Å². The fourth-order valence-electron chi connectivity index (χ4n) is 1.18. The third kappa shape index (κ3) is 4.65. The lowest BCUT2D eigenvalue weighted by Gasteiger charge is -2.13. The molecule has 5 nitrogen and oxygen atoms in total. The smallest absolute Gasteiger partial charge is 0.408 e. The van der Waals surface area contributed by atoms with E-state index in [9.17, 15) is 9.59 Å². The summed E-state index contributed by atoms with van der Waals surface area (Å²) in [5.41, 5.74) is 0.853. The standard InChI is InChI=1S/C12H15NO4/c1-9(15)11(7-14)13-12(16)17-8-10-5-3-2-4-6-10/h2-6,11,14H,7-8H2,1H3,(H,13,16)/t11-/m0/s1. The fraction of sp³-hybridized carbons (Fsp3) is 0.333. The maximum Gasteiger partial charge on any atom is 0.408 e. The van der Waals surface area contributed by atoms with Crippen LogP contribution in [0.5, 0.6) is 0 Å². The van der Waals surface area contributed by atoms with Crippen LogP contribution in [0.15, 0.2) is 30.3 Å². The van der Waals surface area contributed by atoms with Crippen molar-refractivity contribution in [1.82, 2.24) is 5.32 Å². The van der Waals surface area contributed by atoms with Gasteiger partial charge in [-0.3, -0.25) is 4.79 Å². The van der Waals surface area contributed by atoms with Gasteiger partial charge >= 0.3 is 6.09 Å². The van der Waals surface area contributed by atoms with Crippen molar-refractivity contribution in [1.29, 1.82) is 0 Å². The molecule has 0 aliphatic rings. The van der Waals surface area contributed by atoms with Crippen molar-refractivity contribution in [2.45, 2.75) is 19.6 Å². The van der Waals surface area contributed by atoms with Gasteiger partial charge in [-0.1, -0.05) is 30.3 Å². The lowest BCUT2D eigenvalue weighted by molar-refractivity contribution is -0.119. The molecule has 92 valence electrons. The summed E-state index contributed by atoms with van der Waals surface area (Å²) >= 11 is 0. The lowest BCUT2D eigenvalue weighted by atomic mass is 10.2. The van der Waals surface area contributed by atoms with Gasteiger partial charge in [0.2, 0.25) is 0 Å². The normalized spacial score (nSPS) is 11.6. The zero-order chi connectivity index (χ0) is 12.7. The molecule has 1 atom stereocenters. The Morgan fingerprint density at radius 1 is 1.35 bits per heavy atom. The number of aliphatic hydroxyl groups excluding tert-OH is 1. The van der Waals surface area contributed by atoms with Gasteiger partial charge < -0.3 is 15.2 Å². The Morgan fingerprint density at radius 2 is 2.00 bits per heavy atom. The molecular formula is C12H15NO4. The quantitative estimate of drug-likeness (QED) is 0.796. The number of hydrogen-bond donors (Lipinski definition) is 2. The van der Waals surface area contributed by atoms with Crippen molar-refractivity contribution in [3.8, 4) is 0 Å². The van der Waals surface area contributed by atoms with Gasteiger partial charge in [0.25, 0.3) is 0 Å². The van der Waals surface area contributed by atoms with Crippen molar-refractivity contribution in [2.24, 2.45) is 0 Å². The number of Topliss-reactive ketones (excluding diaryl/α,β-unsaturated/α-hetero) is 1. The van der Waals surface area contributed by atoms with Crippen LogP contribution in [0.25, 0.3) is 0 Å². The van der Waals surface area contributed by atoms with Gasteiger partial charge in [0, 0.05) is 0 Å². The van der Waals surface area contributed by atoms with E-state index in [1.807, 2.05) is 30.3 Å². The first-order valence-corrected chi connectivity index (χ1v) is 5.22. The predicted molar refractivity (Wildman–Crippen MR) is 61.3 cm³/mol. The number of ketones is 1. The summed E-state index contributed by atoms with van der Waals surface area (Å²) in [7, 11) is 0. The molecule has 0 aliphatic carbocycles. The molecule has 0 heterocycles. The van der Waals surface area contributed by atoms with Crippen LogP contribution in [-0.4, -0.2) is 29.6 Å². The van der Waals surface area contributed by atoms with Crippen LogP contribution in [-0.2, 0) is 16.1 Å². The van der Waals surface area contributed by atoms with Crippen LogP contribution < -0.4 is 5.32 Å². The SMILES string of the molecule is CC(=O)[C@H](CO)NC(=O)OCc1ccccc1. The molecule has 0 saturated carbocycles. The molecule has 1 aromatic rings. The highest BCUT2D eigenvalue weighted by atomic mass is 16.5. The van der Waals surface area contributed by atoms with E-state index >= 15 is 0 Å². The molecule has 0 aliphatic heterocycles. The van der Waals surface area contributed by atoms with Crippen molar-refractivity contribution in [2.75, 3.05) is 6.61 Å². The van der Waals surface area contributed by atoms with Gasteiger partial charge in [-0.05, 0) is 12.5 Å². The van der Waals surface area contributed by atoms with E-state index in [1.54, 1.807) is 0 Å². The molecule has 1 aromatic carbocycles. The van der Waals surface area contributed by atoms with Crippen molar-refractivity contribution >= 4 is 11.9 Å². The summed E-state index contributed by atoms with van der Waals surface area (Å²) in [5.74, 6) is -0.316. The number of carbonyl (C=O) groups excluding carboxylic acids is 2.